The number of halogens is 1. The Hall–Kier alpha value is -0.340. The second kappa shape index (κ2) is 5.66. The van der Waals surface area contributed by atoms with Gasteiger partial charge in [0.2, 0.25) is 0 Å². The predicted molar refractivity (Wildman–Crippen MR) is 70.6 cm³/mol. The monoisotopic (exact) mass is 269 g/mol. The molecule has 15 heavy (non-hydrogen) atoms. The van der Waals surface area contributed by atoms with Crippen LogP contribution in [-0.4, -0.2) is 23.3 Å². The fraction of sp³-hybridized carbons (Fsp3) is 0.538. The van der Waals surface area contributed by atoms with E-state index in [1.807, 2.05) is 0 Å². The molecule has 0 fully saturated rings. The lowest BCUT2D eigenvalue weighted by Crippen LogP contribution is -2.29. The summed E-state index contributed by atoms with van der Waals surface area (Å²) < 4.78 is 0. The van der Waals surface area contributed by atoms with E-state index in [0.717, 1.165) is 11.9 Å². The van der Waals surface area contributed by atoms with Crippen molar-refractivity contribution in [2.45, 2.75) is 33.4 Å². The molecular formula is C13H20BrN. The first-order chi connectivity index (χ1) is 7.02. The SMILES string of the molecule is Cc1cc(C)cc(CN(C)C(C)CBr)c1. The minimum absolute atomic E-state index is 0.575. The lowest BCUT2D eigenvalue weighted by molar-refractivity contribution is 0.270. The molecule has 1 unspecified atom stereocenters. The molecule has 0 heterocycles. The van der Waals surface area contributed by atoms with E-state index in [2.05, 4.69) is 66.8 Å². The van der Waals surface area contributed by atoms with Crippen LogP contribution in [0.5, 0.6) is 0 Å². The Balaban J connectivity index is 2.72. The second-order valence-electron chi connectivity index (χ2n) is 4.41. The molecule has 0 saturated heterocycles. The maximum atomic E-state index is 3.52. The van der Waals surface area contributed by atoms with Crippen LogP contribution in [0.25, 0.3) is 0 Å². The average molecular weight is 270 g/mol. The quantitative estimate of drug-likeness (QED) is 0.757. The number of hydrogen-bond acceptors (Lipinski definition) is 1. The lowest BCUT2D eigenvalue weighted by atomic mass is 10.1. The fourth-order valence-electron chi connectivity index (χ4n) is 1.72. The Bertz CT molecular complexity index is 302. The van der Waals surface area contributed by atoms with Crippen molar-refractivity contribution in [2.24, 2.45) is 0 Å². The van der Waals surface area contributed by atoms with Crippen molar-refractivity contribution in [3.8, 4) is 0 Å². The molecule has 1 nitrogen and oxygen atoms in total. The molecular weight excluding hydrogens is 250 g/mol. The molecule has 1 aromatic carbocycles. The van der Waals surface area contributed by atoms with Crippen LogP contribution >= 0.6 is 15.9 Å². The van der Waals surface area contributed by atoms with Crippen LogP contribution in [-0.2, 0) is 6.54 Å². The second-order valence-corrected chi connectivity index (χ2v) is 5.06. The van der Waals surface area contributed by atoms with Crippen LogP contribution in [0.1, 0.15) is 23.6 Å². The van der Waals surface area contributed by atoms with Crippen LogP contribution in [0.15, 0.2) is 18.2 Å². The maximum absolute atomic E-state index is 3.52. The van der Waals surface area contributed by atoms with Gasteiger partial charge in [0.25, 0.3) is 0 Å². The fourth-order valence-corrected chi connectivity index (χ4v) is 2.22. The highest BCUT2D eigenvalue weighted by Crippen LogP contribution is 2.12. The lowest BCUT2D eigenvalue weighted by Gasteiger charge is -2.23. The van der Waals surface area contributed by atoms with Crippen LogP contribution in [0.3, 0.4) is 0 Å². The molecule has 0 amide bonds. The molecule has 84 valence electrons. The smallest absolute Gasteiger partial charge is 0.0234 e. The Morgan fingerprint density at radius 2 is 1.73 bits per heavy atom. The highest BCUT2D eigenvalue weighted by atomic mass is 79.9. The molecule has 0 aromatic heterocycles. The minimum atomic E-state index is 0.575. The molecule has 1 rings (SSSR count). The van der Waals surface area contributed by atoms with E-state index in [4.69, 9.17) is 0 Å². The number of alkyl halides is 1. The van der Waals surface area contributed by atoms with Gasteiger partial charge in [-0.1, -0.05) is 45.3 Å². The summed E-state index contributed by atoms with van der Waals surface area (Å²) in [5, 5.41) is 1.02. The summed E-state index contributed by atoms with van der Waals surface area (Å²) in [5.41, 5.74) is 4.11. The number of rotatable bonds is 4. The van der Waals surface area contributed by atoms with Gasteiger partial charge in [0.15, 0.2) is 0 Å². The topological polar surface area (TPSA) is 3.24 Å². The zero-order valence-electron chi connectivity index (χ0n) is 10.0. The van der Waals surface area contributed by atoms with Crippen molar-refractivity contribution < 1.29 is 0 Å². The largest absolute Gasteiger partial charge is 0.299 e. The third-order valence-electron chi connectivity index (χ3n) is 2.69. The van der Waals surface area contributed by atoms with E-state index in [1.165, 1.54) is 16.7 Å². The number of nitrogens with zero attached hydrogens (tertiary/aromatic N) is 1. The molecule has 0 aliphatic heterocycles. The zero-order chi connectivity index (χ0) is 11.4. The molecule has 0 aliphatic rings. The van der Waals surface area contributed by atoms with Crippen molar-refractivity contribution in [1.82, 2.24) is 4.90 Å². The molecule has 0 spiro atoms. The molecule has 1 aromatic rings. The normalized spacial score (nSPS) is 13.2. The van der Waals surface area contributed by atoms with E-state index >= 15 is 0 Å². The first-order valence-electron chi connectivity index (χ1n) is 5.36. The van der Waals surface area contributed by atoms with Gasteiger partial charge in [-0.2, -0.15) is 0 Å². The van der Waals surface area contributed by atoms with Gasteiger partial charge in [-0.3, -0.25) is 4.90 Å². The molecule has 2 heteroatoms. The molecule has 0 aliphatic carbocycles. The number of aryl methyl sites for hydroxylation is 2. The summed E-state index contributed by atoms with van der Waals surface area (Å²) in [6, 6.07) is 7.33. The summed E-state index contributed by atoms with van der Waals surface area (Å²) >= 11 is 3.52. The van der Waals surface area contributed by atoms with Gasteiger partial charge in [-0.15, -0.1) is 0 Å². The summed E-state index contributed by atoms with van der Waals surface area (Å²) in [4.78, 5) is 2.36. The van der Waals surface area contributed by atoms with E-state index in [9.17, 15) is 0 Å². The van der Waals surface area contributed by atoms with E-state index in [-0.39, 0.29) is 0 Å². The van der Waals surface area contributed by atoms with Crippen LogP contribution in [0.2, 0.25) is 0 Å². The summed E-state index contributed by atoms with van der Waals surface area (Å²) in [6.07, 6.45) is 0. The minimum Gasteiger partial charge on any atom is -0.299 e. The third kappa shape index (κ3) is 3.96. The van der Waals surface area contributed by atoms with Crippen molar-refractivity contribution in [1.29, 1.82) is 0 Å². The van der Waals surface area contributed by atoms with Gasteiger partial charge >= 0.3 is 0 Å². The Morgan fingerprint density at radius 1 is 1.20 bits per heavy atom. The highest BCUT2D eigenvalue weighted by Gasteiger charge is 2.08. The van der Waals surface area contributed by atoms with E-state index in [1.54, 1.807) is 0 Å². The molecule has 1 atom stereocenters. The molecule has 0 N–H and O–H groups in total. The van der Waals surface area contributed by atoms with Gasteiger partial charge in [0.05, 0.1) is 0 Å². The third-order valence-corrected chi connectivity index (χ3v) is 3.63. The van der Waals surface area contributed by atoms with E-state index in [0.29, 0.717) is 6.04 Å². The first kappa shape index (κ1) is 12.7. The maximum Gasteiger partial charge on any atom is 0.0234 e. The Labute approximate surface area is 102 Å². The van der Waals surface area contributed by atoms with Crippen molar-refractivity contribution in [3.05, 3.63) is 34.9 Å². The van der Waals surface area contributed by atoms with Gasteiger partial charge in [-0.25, -0.2) is 0 Å². The van der Waals surface area contributed by atoms with Crippen LogP contribution in [0.4, 0.5) is 0 Å². The average Bonchev–Trinajstić information content (AvgIpc) is 2.14. The van der Waals surface area contributed by atoms with Gasteiger partial charge in [0, 0.05) is 17.9 Å². The van der Waals surface area contributed by atoms with Crippen LogP contribution in [0, 0.1) is 13.8 Å². The molecule has 0 radical (unpaired) electrons. The van der Waals surface area contributed by atoms with Crippen molar-refractivity contribution in [2.75, 3.05) is 12.4 Å². The van der Waals surface area contributed by atoms with Crippen molar-refractivity contribution in [3.63, 3.8) is 0 Å². The number of benzene rings is 1. The number of hydrogen-bond donors (Lipinski definition) is 0. The van der Waals surface area contributed by atoms with E-state index < -0.39 is 0 Å². The van der Waals surface area contributed by atoms with Crippen molar-refractivity contribution >= 4 is 15.9 Å². The first-order valence-corrected chi connectivity index (χ1v) is 6.48. The Kier molecular flexibility index (Phi) is 4.81. The summed E-state index contributed by atoms with van der Waals surface area (Å²) in [5.74, 6) is 0. The molecule has 0 bridgehead atoms. The van der Waals surface area contributed by atoms with Gasteiger partial charge in [-0.05, 0) is 33.4 Å². The van der Waals surface area contributed by atoms with Gasteiger partial charge < -0.3 is 0 Å². The highest BCUT2D eigenvalue weighted by molar-refractivity contribution is 9.09. The molecule has 0 saturated carbocycles. The predicted octanol–water partition coefficient (Wildman–Crippen LogP) is 3.52. The summed E-state index contributed by atoms with van der Waals surface area (Å²) in [6.45, 7) is 7.57. The standard InChI is InChI=1S/C13H20BrN/c1-10-5-11(2)7-13(6-10)9-15(4)12(3)8-14/h5-7,12H,8-9H2,1-4H3. The zero-order valence-corrected chi connectivity index (χ0v) is 11.6. The Morgan fingerprint density at radius 3 is 2.20 bits per heavy atom. The summed E-state index contributed by atoms with van der Waals surface area (Å²) in [7, 11) is 2.17. The van der Waals surface area contributed by atoms with Crippen LogP contribution < -0.4 is 0 Å². The van der Waals surface area contributed by atoms with Gasteiger partial charge in [0.1, 0.15) is 0 Å².